The molecule has 0 aliphatic heterocycles. The molecule has 0 amide bonds. The molecule has 0 bridgehead atoms. The first-order chi connectivity index (χ1) is 8.81. The fourth-order valence-corrected chi connectivity index (χ4v) is 2.57. The Balaban J connectivity index is 1.86. The zero-order valence-electron chi connectivity index (χ0n) is 11.7. The molecule has 98 valence electrons. The fourth-order valence-electron chi connectivity index (χ4n) is 2.57. The SMILES string of the molecule is CCCCCCCC(C)c1cc2ccccc2[nH]1. The minimum absolute atomic E-state index is 0.652. The highest BCUT2D eigenvalue weighted by Gasteiger charge is 2.08. The summed E-state index contributed by atoms with van der Waals surface area (Å²) in [6.07, 6.45) is 8.17. The number of H-pyrrole nitrogens is 1. The molecule has 0 spiro atoms. The predicted octanol–water partition coefficient (Wildman–Crippen LogP) is 5.63. The summed E-state index contributed by atoms with van der Waals surface area (Å²) in [6, 6.07) is 10.9. The first kappa shape index (κ1) is 13.2. The second-order valence-corrected chi connectivity index (χ2v) is 5.42. The standard InChI is InChI=1S/C17H25N/c1-3-4-5-6-7-10-14(2)17-13-15-11-8-9-12-16(15)18-17/h8-9,11-14,18H,3-7,10H2,1-2H3. The maximum Gasteiger partial charge on any atom is 0.0456 e. The number of hydrogen-bond donors (Lipinski definition) is 1. The van der Waals surface area contributed by atoms with Gasteiger partial charge in [0.1, 0.15) is 0 Å². The van der Waals surface area contributed by atoms with E-state index in [0.717, 1.165) is 0 Å². The van der Waals surface area contributed by atoms with Gasteiger partial charge < -0.3 is 4.98 Å². The van der Waals surface area contributed by atoms with Crippen LogP contribution in [0, 0.1) is 0 Å². The van der Waals surface area contributed by atoms with E-state index >= 15 is 0 Å². The van der Waals surface area contributed by atoms with Crippen molar-refractivity contribution in [2.75, 3.05) is 0 Å². The highest BCUT2D eigenvalue weighted by Crippen LogP contribution is 2.25. The van der Waals surface area contributed by atoms with Crippen molar-refractivity contribution in [2.45, 2.75) is 58.3 Å². The molecule has 1 unspecified atom stereocenters. The summed E-state index contributed by atoms with van der Waals surface area (Å²) < 4.78 is 0. The van der Waals surface area contributed by atoms with Crippen LogP contribution in [0.5, 0.6) is 0 Å². The summed E-state index contributed by atoms with van der Waals surface area (Å²) in [4.78, 5) is 3.55. The molecule has 0 saturated carbocycles. The van der Waals surface area contributed by atoms with Gasteiger partial charge in [-0.25, -0.2) is 0 Å². The van der Waals surface area contributed by atoms with Crippen molar-refractivity contribution in [3.05, 3.63) is 36.0 Å². The molecule has 0 saturated heterocycles. The Morgan fingerprint density at radius 3 is 2.61 bits per heavy atom. The average molecular weight is 243 g/mol. The van der Waals surface area contributed by atoms with Crippen LogP contribution >= 0.6 is 0 Å². The lowest BCUT2D eigenvalue weighted by Crippen LogP contribution is -1.93. The number of para-hydroxylation sites is 1. The van der Waals surface area contributed by atoms with Gasteiger partial charge in [0.25, 0.3) is 0 Å². The average Bonchev–Trinajstić information content (AvgIpc) is 2.82. The van der Waals surface area contributed by atoms with Crippen molar-refractivity contribution in [1.29, 1.82) is 0 Å². The lowest BCUT2D eigenvalue weighted by Gasteiger charge is -2.09. The van der Waals surface area contributed by atoms with Crippen LogP contribution in [0.3, 0.4) is 0 Å². The van der Waals surface area contributed by atoms with E-state index in [2.05, 4.69) is 49.2 Å². The number of fused-ring (bicyclic) bond motifs is 1. The lowest BCUT2D eigenvalue weighted by molar-refractivity contribution is 0.562. The second kappa shape index (κ2) is 6.63. The van der Waals surface area contributed by atoms with E-state index in [9.17, 15) is 0 Å². The van der Waals surface area contributed by atoms with Crippen molar-refractivity contribution in [3.63, 3.8) is 0 Å². The Morgan fingerprint density at radius 2 is 1.83 bits per heavy atom. The third-order valence-electron chi connectivity index (χ3n) is 3.82. The van der Waals surface area contributed by atoms with Gasteiger partial charge in [-0.2, -0.15) is 0 Å². The molecule has 1 heteroatoms. The third-order valence-corrected chi connectivity index (χ3v) is 3.82. The Labute approximate surface area is 111 Å². The van der Waals surface area contributed by atoms with Gasteiger partial charge in [0.05, 0.1) is 0 Å². The minimum Gasteiger partial charge on any atom is -0.358 e. The van der Waals surface area contributed by atoms with Gasteiger partial charge in [-0.15, -0.1) is 0 Å². The Hall–Kier alpha value is -1.24. The van der Waals surface area contributed by atoms with Crippen LogP contribution in [-0.2, 0) is 0 Å². The molecule has 1 aromatic carbocycles. The number of rotatable bonds is 7. The molecule has 0 aliphatic rings. The van der Waals surface area contributed by atoms with Crippen molar-refractivity contribution >= 4 is 10.9 Å². The van der Waals surface area contributed by atoms with Gasteiger partial charge in [0, 0.05) is 11.2 Å². The molecular formula is C17H25N. The van der Waals surface area contributed by atoms with Gasteiger partial charge >= 0.3 is 0 Å². The van der Waals surface area contributed by atoms with E-state index in [1.807, 2.05) is 0 Å². The van der Waals surface area contributed by atoms with Crippen molar-refractivity contribution < 1.29 is 0 Å². The van der Waals surface area contributed by atoms with Crippen molar-refractivity contribution in [2.24, 2.45) is 0 Å². The van der Waals surface area contributed by atoms with Crippen LogP contribution in [0.4, 0.5) is 0 Å². The van der Waals surface area contributed by atoms with Crippen molar-refractivity contribution in [1.82, 2.24) is 4.98 Å². The van der Waals surface area contributed by atoms with E-state index < -0.39 is 0 Å². The maximum atomic E-state index is 3.55. The molecule has 1 atom stereocenters. The van der Waals surface area contributed by atoms with E-state index in [1.54, 1.807) is 0 Å². The van der Waals surface area contributed by atoms with Gasteiger partial charge in [0.15, 0.2) is 0 Å². The zero-order valence-corrected chi connectivity index (χ0v) is 11.7. The van der Waals surface area contributed by atoms with Crippen LogP contribution in [0.1, 0.15) is 64.0 Å². The molecule has 0 aliphatic carbocycles. The largest absolute Gasteiger partial charge is 0.358 e. The number of benzene rings is 1. The number of unbranched alkanes of at least 4 members (excludes halogenated alkanes) is 4. The van der Waals surface area contributed by atoms with E-state index in [-0.39, 0.29) is 0 Å². The number of aromatic amines is 1. The highest BCUT2D eigenvalue weighted by atomic mass is 14.7. The smallest absolute Gasteiger partial charge is 0.0456 e. The summed E-state index contributed by atoms with van der Waals surface area (Å²) >= 11 is 0. The topological polar surface area (TPSA) is 15.8 Å². The predicted molar refractivity (Wildman–Crippen MR) is 80.1 cm³/mol. The van der Waals surface area contributed by atoms with Crippen LogP contribution in [0.2, 0.25) is 0 Å². The Morgan fingerprint density at radius 1 is 1.06 bits per heavy atom. The number of nitrogens with one attached hydrogen (secondary N) is 1. The third kappa shape index (κ3) is 3.38. The first-order valence-electron chi connectivity index (χ1n) is 7.39. The van der Waals surface area contributed by atoms with Crippen molar-refractivity contribution in [3.8, 4) is 0 Å². The minimum atomic E-state index is 0.652. The van der Waals surface area contributed by atoms with Gasteiger partial charge in [-0.3, -0.25) is 0 Å². The van der Waals surface area contributed by atoms with Gasteiger partial charge in [-0.05, 0) is 29.9 Å². The first-order valence-corrected chi connectivity index (χ1v) is 7.39. The second-order valence-electron chi connectivity index (χ2n) is 5.42. The molecule has 0 radical (unpaired) electrons. The Kier molecular flexibility index (Phi) is 4.86. The van der Waals surface area contributed by atoms with Crippen LogP contribution in [-0.4, -0.2) is 4.98 Å². The zero-order chi connectivity index (χ0) is 12.8. The molecule has 2 aromatic rings. The quantitative estimate of drug-likeness (QED) is 0.606. The summed E-state index contributed by atoms with van der Waals surface area (Å²) in [7, 11) is 0. The highest BCUT2D eigenvalue weighted by molar-refractivity contribution is 5.80. The molecule has 1 aromatic heterocycles. The van der Waals surface area contributed by atoms with E-state index in [4.69, 9.17) is 0 Å². The number of aromatic nitrogens is 1. The van der Waals surface area contributed by atoms with Crippen LogP contribution in [0.25, 0.3) is 10.9 Å². The number of hydrogen-bond acceptors (Lipinski definition) is 0. The summed E-state index contributed by atoms with van der Waals surface area (Å²) in [5, 5.41) is 1.34. The van der Waals surface area contributed by atoms with E-state index in [0.29, 0.717) is 5.92 Å². The molecular weight excluding hydrogens is 218 g/mol. The molecule has 2 rings (SSSR count). The van der Waals surface area contributed by atoms with Gasteiger partial charge in [0.2, 0.25) is 0 Å². The summed E-state index contributed by atoms with van der Waals surface area (Å²) in [6.45, 7) is 4.61. The monoisotopic (exact) mass is 243 g/mol. The summed E-state index contributed by atoms with van der Waals surface area (Å²) in [5.74, 6) is 0.652. The van der Waals surface area contributed by atoms with Gasteiger partial charge in [-0.1, -0.05) is 64.2 Å². The fraction of sp³-hybridized carbons (Fsp3) is 0.529. The molecule has 1 heterocycles. The Bertz CT molecular complexity index is 436. The molecule has 1 nitrogen and oxygen atoms in total. The molecule has 18 heavy (non-hydrogen) atoms. The normalized spacial score (nSPS) is 13.0. The van der Waals surface area contributed by atoms with Crippen LogP contribution in [0.15, 0.2) is 30.3 Å². The van der Waals surface area contributed by atoms with E-state index in [1.165, 1.54) is 55.1 Å². The molecule has 1 N–H and O–H groups in total. The lowest BCUT2D eigenvalue weighted by atomic mass is 9.99. The maximum absolute atomic E-state index is 3.55. The van der Waals surface area contributed by atoms with Crippen LogP contribution < -0.4 is 0 Å². The molecule has 0 fully saturated rings. The summed E-state index contributed by atoms with van der Waals surface area (Å²) in [5.41, 5.74) is 2.66.